The van der Waals surface area contributed by atoms with Crippen molar-refractivity contribution in [3.8, 4) is 17.0 Å². The van der Waals surface area contributed by atoms with Gasteiger partial charge in [-0.2, -0.15) is 0 Å². The van der Waals surface area contributed by atoms with Crippen LogP contribution in [0.15, 0.2) is 40.6 Å². The summed E-state index contributed by atoms with van der Waals surface area (Å²) in [5.41, 5.74) is 5.49. The Morgan fingerprint density at radius 1 is 1.06 bits per heavy atom. The highest BCUT2D eigenvalue weighted by Crippen LogP contribution is 2.30. The average Bonchev–Trinajstić information content (AvgIpc) is 3.17. The Bertz CT molecular complexity index is 1260. The van der Waals surface area contributed by atoms with Gasteiger partial charge in [0.2, 0.25) is 10.0 Å². The Morgan fingerprint density at radius 3 is 2.41 bits per heavy atom. The summed E-state index contributed by atoms with van der Waals surface area (Å²) in [4.78, 5) is 17.3. The molecule has 0 aliphatic carbocycles. The molecule has 0 atom stereocenters. The molecule has 0 spiro atoms. The third kappa shape index (κ3) is 5.17. The molecule has 0 unspecified atom stereocenters. The van der Waals surface area contributed by atoms with E-state index in [0.29, 0.717) is 5.13 Å². The van der Waals surface area contributed by atoms with E-state index in [2.05, 4.69) is 41.0 Å². The lowest BCUT2D eigenvalue weighted by Gasteiger charge is -2.14. The molecule has 0 saturated carbocycles. The van der Waals surface area contributed by atoms with E-state index in [-0.39, 0.29) is 22.3 Å². The zero-order valence-electron chi connectivity index (χ0n) is 18.9. The molecule has 1 amide bonds. The topological polar surface area (TPSA) is 97.4 Å². The van der Waals surface area contributed by atoms with Crippen molar-refractivity contribution in [2.45, 2.75) is 45.6 Å². The largest absolute Gasteiger partial charge is 0.495 e. The van der Waals surface area contributed by atoms with Gasteiger partial charge in [-0.15, -0.1) is 11.3 Å². The molecule has 0 fully saturated rings. The first-order chi connectivity index (χ1) is 15.0. The molecule has 7 nitrogen and oxygen atoms in total. The number of amides is 1. The Kier molecular flexibility index (Phi) is 7.02. The van der Waals surface area contributed by atoms with E-state index in [9.17, 15) is 13.2 Å². The monoisotopic (exact) mass is 473 g/mol. The highest BCUT2D eigenvalue weighted by molar-refractivity contribution is 7.89. The van der Waals surface area contributed by atoms with Gasteiger partial charge in [0.15, 0.2) is 5.13 Å². The number of nitrogens with one attached hydrogen (secondary N) is 2. The van der Waals surface area contributed by atoms with Gasteiger partial charge in [0, 0.05) is 22.5 Å². The van der Waals surface area contributed by atoms with Crippen LogP contribution in [0.4, 0.5) is 5.13 Å². The van der Waals surface area contributed by atoms with Gasteiger partial charge in [-0.1, -0.05) is 6.07 Å². The quantitative estimate of drug-likeness (QED) is 0.519. The highest BCUT2D eigenvalue weighted by atomic mass is 32.2. The highest BCUT2D eigenvalue weighted by Gasteiger charge is 2.23. The summed E-state index contributed by atoms with van der Waals surface area (Å²) in [5.74, 6) is -0.289. The number of aromatic nitrogens is 1. The van der Waals surface area contributed by atoms with Crippen molar-refractivity contribution >= 4 is 32.4 Å². The number of thiazole rings is 1. The van der Waals surface area contributed by atoms with E-state index in [1.807, 2.05) is 12.3 Å². The number of hydrogen-bond acceptors (Lipinski definition) is 6. The molecule has 3 aromatic rings. The summed E-state index contributed by atoms with van der Waals surface area (Å²) in [6.07, 6.45) is 0. The molecule has 0 bridgehead atoms. The van der Waals surface area contributed by atoms with Gasteiger partial charge in [0.1, 0.15) is 10.6 Å². The molecule has 0 saturated heterocycles. The molecular formula is C23H27N3O4S2. The van der Waals surface area contributed by atoms with Gasteiger partial charge in [0.25, 0.3) is 5.91 Å². The summed E-state index contributed by atoms with van der Waals surface area (Å²) in [6.45, 7) is 9.59. The number of nitrogens with zero attached hydrogens (tertiary/aromatic N) is 1. The summed E-state index contributed by atoms with van der Waals surface area (Å²) < 4.78 is 33.0. The van der Waals surface area contributed by atoms with Gasteiger partial charge < -0.3 is 4.74 Å². The number of ether oxygens (including phenoxy) is 1. The van der Waals surface area contributed by atoms with Gasteiger partial charge >= 0.3 is 0 Å². The maximum Gasteiger partial charge on any atom is 0.257 e. The zero-order chi connectivity index (χ0) is 23.6. The number of anilines is 1. The van der Waals surface area contributed by atoms with Crippen molar-refractivity contribution in [2.75, 3.05) is 12.4 Å². The van der Waals surface area contributed by atoms with Crippen LogP contribution in [0.2, 0.25) is 0 Å². The van der Waals surface area contributed by atoms with Crippen LogP contribution in [0.5, 0.6) is 5.75 Å². The number of hydrogen-bond donors (Lipinski definition) is 2. The number of carbonyl (C=O) groups is 1. The Labute approximate surface area is 192 Å². The Balaban J connectivity index is 1.87. The second-order valence-corrected chi connectivity index (χ2v) is 10.4. The average molecular weight is 474 g/mol. The minimum absolute atomic E-state index is 0.0908. The summed E-state index contributed by atoms with van der Waals surface area (Å²) in [5, 5.41) is 5.09. The van der Waals surface area contributed by atoms with Crippen molar-refractivity contribution in [1.29, 1.82) is 0 Å². The first-order valence-corrected chi connectivity index (χ1v) is 12.4. The lowest BCUT2D eigenvalue weighted by Crippen LogP contribution is -2.30. The van der Waals surface area contributed by atoms with E-state index in [1.165, 1.54) is 47.8 Å². The van der Waals surface area contributed by atoms with Crippen molar-refractivity contribution < 1.29 is 17.9 Å². The number of rotatable bonds is 7. The van der Waals surface area contributed by atoms with Crippen molar-refractivity contribution in [3.63, 3.8) is 0 Å². The van der Waals surface area contributed by atoms with E-state index in [1.54, 1.807) is 13.8 Å². The minimum atomic E-state index is -3.84. The zero-order valence-corrected chi connectivity index (χ0v) is 20.6. The van der Waals surface area contributed by atoms with Crippen molar-refractivity contribution in [2.24, 2.45) is 0 Å². The van der Waals surface area contributed by atoms with E-state index < -0.39 is 15.9 Å². The molecule has 32 heavy (non-hydrogen) atoms. The van der Waals surface area contributed by atoms with Crippen LogP contribution in [0.3, 0.4) is 0 Å². The van der Waals surface area contributed by atoms with Crippen molar-refractivity contribution in [1.82, 2.24) is 9.71 Å². The Hall–Kier alpha value is -2.75. The summed E-state index contributed by atoms with van der Waals surface area (Å²) in [7, 11) is -2.46. The number of carbonyl (C=O) groups excluding carboxylic acids is 1. The molecular weight excluding hydrogens is 446 g/mol. The SMILES string of the molecule is COc1ccc(C(=O)Nc2nc(-c3cc(C)c(C)cc3C)cs2)cc1S(=O)(=O)NC(C)C. The molecule has 3 rings (SSSR count). The predicted octanol–water partition coefficient (Wildman–Crippen LogP) is 4.68. The van der Waals surface area contributed by atoms with E-state index in [4.69, 9.17) is 4.74 Å². The fourth-order valence-corrected chi connectivity index (χ4v) is 5.41. The number of aryl methyl sites for hydroxylation is 3. The predicted molar refractivity (Wildman–Crippen MR) is 128 cm³/mol. The van der Waals surface area contributed by atoms with E-state index >= 15 is 0 Å². The maximum atomic E-state index is 12.8. The fourth-order valence-electron chi connectivity index (χ4n) is 3.26. The van der Waals surface area contributed by atoms with Crippen LogP contribution in [0.1, 0.15) is 40.9 Å². The molecule has 2 N–H and O–H groups in total. The number of benzene rings is 2. The van der Waals surface area contributed by atoms with Crippen LogP contribution in [0, 0.1) is 20.8 Å². The first kappa shape index (κ1) is 23.9. The van der Waals surface area contributed by atoms with Crippen LogP contribution in [0.25, 0.3) is 11.3 Å². The van der Waals surface area contributed by atoms with Gasteiger partial charge in [0.05, 0.1) is 12.8 Å². The van der Waals surface area contributed by atoms with Crippen LogP contribution >= 0.6 is 11.3 Å². The van der Waals surface area contributed by atoms with Gasteiger partial charge in [-0.25, -0.2) is 18.1 Å². The third-order valence-corrected chi connectivity index (χ3v) is 7.38. The normalized spacial score (nSPS) is 11.6. The summed E-state index contributed by atoms with van der Waals surface area (Å²) >= 11 is 1.31. The molecule has 1 aromatic heterocycles. The molecule has 0 aliphatic heterocycles. The molecule has 9 heteroatoms. The first-order valence-electron chi connectivity index (χ1n) is 10.1. The second kappa shape index (κ2) is 9.40. The molecule has 1 heterocycles. The molecule has 2 aromatic carbocycles. The Morgan fingerprint density at radius 2 is 1.75 bits per heavy atom. The fraction of sp³-hybridized carbons (Fsp3) is 0.304. The van der Waals surface area contributed by atoms with Crippen LogP contribution in [-0.2, 0) is 10.0 Å². The molecule has 0 aliphatic rings. The lowest BCUT2D eigenvalue weighted by molar-refractivity contribution is 0.102. The number of sulfonamides is 1. The molecule has 0 radical (unpaired) electrons. The minimum Gasteiger partial charge on any atom is -0.495 e. The summed E-state index contributed by atoms with van der Waals surface area (Å²) in [6, 6.07) is 8.20. The molecule has 170 valence electrons. The van der Waals surface area contributed by atoms with E-state index in [0.717, 1.165) is 16.8 Å². The second-order valence-electron chi connectivity index (χ2n) is 7.89. The van der Waals surface area contributed by atoms with Crippen LogP contribution < -0.4 is 14.8 Å². The number of methoxy groups -OCH3 is 1. The van der Waals surface area contributed by atoms with Crippen molar-refractivity contribution in [3.05, 3.63) is 58.0 Å². The van der Waals surface area contributed by atoms with Gasteiger partial charge in [-0.05, 0) is 75.6 Å². The maximum absolute atomic E-state index is 12.8. The standard InChI is InChI=1S/C23H27N3O4S2/c1-13(2)26-32(28,29)21-11-17(7-8-20(21)30-6)22(27)25-23-24-19(12-31-23)18-10-15(4)14(3)9-16(18)5/h7-13,26H,1-6H3,(H,24,25,27). The smallest absolute Gasteiger partial charge is 0.257 e. The third-order valence-electron chi connectivity index (χ3n) is 4.95. The van der Waals surface area contributed by atoms with Crippen LogP contribution in [-0.4, -0.2) is 32.5 Å². The lowest BCUT2D eigenvalue weighted by atomic mass is 9.99. The van der Waals surface area contributed by atoms with Gasteiger partial charge in [-0.3, -0.25) is 10.1 Å².